The van der Waals surface area contributed by atoms with Gasteiger partial charge in [-0.15, -0.1) is 0 Å². The molecule has 0 N–H and O–H groups in total. The number of fused-ring (bicyclic) bond motifs is 2. The van der Waals surface area contributed by atoms with Crippen molar-refractivity contribution in [2.75, 3.05) is 7.05 Å². The van der Waals surface area contributed by atoms with E-state index in [1.807, 2.05) is 12.4 Å². The Bertz CT molecular complexity index is 494. The first-order valence-electron chi connectivity index (χ1n) is 6.39. The summed E-state index contributed by atoms with van der Waals surface area (Å²) in [5, 5.41) is 9.74. The fraction of sp³-hybridized carbons (Fsp3) is 0.571. The van der Waals surface area contributed by atoms with Gasteiger partial charge in [-0.2, -0.15) is 5.26 Å². The van der Waals surface area contributed by atoms with E-state index in [1.165, 1.54) is 12.8 Å². The van der Waals surface area contributed by atoms with E-state index >= 15 is 0 Å². The van der Waals surface area contributed by atoms with Crippen molar-refractivity contribution in [3.05, 3.63) is 27.6 Å². The van der Waals surface area contributed by atoms with Crippen molar-refractivity contribution in [1.29, 1.82) is 5.26 Å². The van der Waals surface area contributed by atoms with E-state index in [4.69, 9.17) is 0 Å². The quantitative estimate of drug-likeness (QED) is 0.729. The Morgan fingerprint density at radius 3 is 2.61 bits per heavy atom. The molecule has 0 radical (unpaired) electrons. The lowest BCUT2D eigenvalue weighted by molar-refractivity contribution is 0.135. The Morgan fingerprint density at radius 1 is 1.39 bits per heavy atom. The molecular formula is C14H16IN3. The maximum Gasteiger partial charge on any atom is 0.0867 e. The van der Waals surface area contributed by atoms with Crippen LogP contribution in [0.3, 0.4) is 0 Å². The Labute approximate surface area is 121 Å². The van der Waals surface area contributed by atoms with Gasteiger partial charge in [0.2, 0.25) is 0 Å². The largest absolute Gasteiger partial charge is 0.300 e. The van der Waals surface area contributed by atoms with Crippen molar-refractivity contribution < 1.29 is 0 Å². The molecular weight excluding hydrogens is 337 g/mol. The molecule has 2 aliphatic rings. The Balaban J connectivity index is 2.00. The van der Waals surface area contributed by atoms with Crippen LogP contribution in [0.4, 0.5) is 0 Å². The molecule has 2 unspecified atom stereocenters. The molecule has 1 aromatic rings. The number of piperidine rings is 1. The lowest BCUT2D eigenvalue weighted by Gasteiger charge is -2.41. The lowest BCUT2D eigenvalue weighted by atomic mass is 9.72. The summed E-state index contributed by atoms with van der Waals surface area (Å²) >= 11 is 2.27. The molecule has 3 heterocycles. The van der Waals surface area contributed by atoms with E-state index < -0.39 is 0 Å². The highest BCUT2D eigenvalue weighted by molar-refractivity contribution is 14.1. The van der Waals surface area contributed by atoms with Crippen molar-refractivity contribution in [2.45, 2.75) is 43.2 Å². The number of aromatic nitrogens is 1. The van der Waals surface area contributed by atoms with Gasteiger partial charge in [-0.3, -0.25) is 4.98 Å². The normalized spacial score (nSPS) is 35.4. The molecule has 0 aromatic carbocycles. The average Bonchev–Trinajstić information content (AvgIpc) is 2.62. The van der Waals surface area contributed by atoms with E-state index in [0.717, 1.165) is 22.0 Å². The predicted octanol–water partition coefficient (Wildman–Crippen LogP) is 2.70. The fourth-order valence-electron chi connectivity index (χ4n) is 3.54. The molecule has 4 heteroatoms. The second-order valence-corrected chi connectivity index (χ2v) is 6.79. The van der Waals surface area contributed by atoms with E-state index in [9.17, 15) is 5.26 Å². The summed E-state index contributed by atoms with van der Waals surface area (Å²) < 4.78 is 1.12. The average molecular weight is 353 g/mol. The summed E-state index contributed by atoms with van der Waals surface area (Å²) in [6.45, 7) is 0. The maximum absolute atomic E-state index is 9.74. The van der Waals surface area contributed by atoms with Crippen LogP contribution in [0.1, 0.15) is 31.2 Å². The minimum atomic E-state index is -0.313. The molecule has 18 heavy (non-hydrogen) atoms. The molecule has 0 spiro atoms. The number of hydrogen-bond donors (Lipinski definition) is 0. The van der Waals surface area contributed by atoms with Gasteiger partial charge in [0.1, 0.15) is 0 Å². The molecule has 1 aromatic heterocycles. The number of nitrogens with zero attached hydrogens (tertiary/aromatic N) is 3. The van der Waals surface area contributed by atoms with Gasteiger partial charge in [0.25, 0.3) is 0 Å². The first kappa shape index (κ1) is 12.4. The van der Waals surface area contributed by atoms with E-state index in [0.29, 0.717) is 12.1 Å². The molecule has 3 rings (SSSR count). The number of pyridine rings is 1. The molecule has 2 atom stereocenters. The van der Waals surface area contributed by atoms with Gasteiger partial charge < -0.3 is 4.90 Å². The highest BCUT2D eigenvalue weighted by Gasteiger charge is 2.48. The zero-order chi connectivity index (χ0) is 12.8. The van der Waals surface area contributed by atoms with Crippen LogP contribution in [0.15, 0.2) is 18.5 Å². The van der Waals surface area contributed by atoms with E-state index in [1.54, 1.807) is 0 Å². The molecule has 2 saturated heterocycles. The van der Waals surface area contributed by atoms with Crippen molar-refractivity contribution in [1.82, 2.24) is 9.88 Å². The van der Waals surface area contributed by atoms with Gasteiger partial charge in [-0.1, -0.05) is 0 Å². The zero-order valence-corrected chi connectivity index (χ0v) is 12.6. The second-order valence-electron chi connectivity index (χ2n) is 5.54. The summed E-state index contributed by atoms with van der Waals surface area (Å²) in [6, 6.07) is 5.88. The third-order valence-corrected chi connectivity index (χ3v) is 5.21. The van der Waals surface area contributed by atoms with Crippen LogP contribution in [-0.4, -0.2) is 29.0 Å². The van der Waals surface area contributed by atoms with Gasteiger partial charge in [0.05, 0.1) is 11.5 Å². The first-order chi connectivity index (χ1) is 8.64. The first-order valence-corrected chi connectivity index (χ1v) is 7.47. The predicted molar refractivity (Wildman–Crippen MR) is 78.1 cm³/mol. The Morgan fingerprint density at radius 2 is 2.06 bits per heavy atom. The number of halogens is 1. The number of hydrogen-bond acceptors (Lipinski definition) is 3. The second kappa shape index (κ2) is 4.46. The zero-order valence-electron chi connectivity index (χ0n) is 10.4. The Kier molecular flexibility index (Phi) is 3.07. The fourth-order valence-corrected chi connectivity index (χ4v) is 4.03. The SMILES string of the molecule is CN1C2CCC1CC(C#N)(c1cncc(I)c1)C2. The van der Waals surface area contributed by atoms with Crippen LogP contribution >= 0.6 is 22.6 Å². The van der Waals surface area contributed by atoms with Crippen LogP contribution in [0, 0.1) is 14.9 Å². The van der Waals surface area contributed by atoms with Crippen molar-refractivity contribution >= 4 is 22.6 Å². The number of nitriles is 1. The van der Waals surface area contributed by atoms with Crippen molar-refractivity contribution in [2.24, 2.45) is 0 Å². The van der Waals surface area contributed by atoms with Gasteiger partial charge in [0, 0.05) is 28.0 Å². The molecule has 0 amide bonds. The van der Waals surface area contributed by atoms with E-state index in [-0.39, 0.29) is 5.41 Å². The summed E-state index contributed by atoms with van der Waals surface area (Å²) in [6.07, 6.45) is 8.12. The van der Waals surface area contributed by atoms with Crippen LogP contribution in [-0.2, 0) is 5.41 Å². The van der Waals surface area contributed by atoms with Crippen molar-refractivity contribution in [3.63, 3.8) is 0 Å². The van der Waals surface area contributed by atoms with Gasteiger partial charge in [-0.25, -0.2) is 0 Å². The van der Waals surface area contributed by atoms with Crippen LogP contribution in [0.5, 0.6) is 0 Å². The highest BCUT2D eigenvalue weighted by Crippen LogP contribution is 2.46. The third-order valence-electron chi connectivity index (χ3n) is 4.62. The molecule has 94 valence electrons. The molecule has 3 nitrogen and oxygen atoms in total. The van der Waals surface area contributed by atoms with Gasteiger partial charge in [0.15, 0.2) is 0 Å². The smallest absolute Gasteiger partial charge is 0.0867 e. The van der Waals surface area contributed by atoms with Gasteiger partial charge in [-0.05, 0) is 67.0 Å². The van der Waals surface area contributed by atoms with Crippen molar-refractivity contribution in [3.8, 4) is 6.07 Å². The van der Waals surface area contributed by atoms with E-state index in [2.05, 4.69) is 51.7 Å². The summed E-state index contributed by atoms with van der Waals surface area (Å²) in [4.78, 5) is 6.74. The highest BCUT2D eigenvalue weighted by atomic mass is 127. The summed E-state index contributed by atoms with van der Waals surface area (Å²) in [5.41, 5.74) is 0.800. The molecule has 0 saturated carbocycles. The van der Waals surface area contributed by atoms with Crippen LogP contribution < -0.4 is 0 Å². The minimum Gasteiger partial charge on any atom is -0.300 e. The standard InChI is InChI=1S/C14H16IN3/c1-18-12-2-3-13(18)6-14(5-12,9-16)10-4-11(15)8-17-7-10/h4,7-8,12-13H,2-3,5-6H2,1H3. The van der Waals surface area contributed by atoms with Crippen LogP contribution in [0.25, 0.3) is 0 Å². The third kappa shape index (κ3) is 1.84. The topological polar surface area (TPSA) is 39.9 Å². The molecule has 2 fully saturated rings. The van der Waals surface area contributed by atoms with Crippen LogP contribution in [0.2, 0.25) is 0 Å². The summed E-state index contributed by atoms with van der Waals surface area (Å²) in [7, 11) is 2.20. The minimum absolute atomic E-state index is 0.313. The number of rotatable bonds is 1. The van der Waals surface area contributed by atoms with Gasteiger partial charge >= 0.3 is 0 Å². The maximum atomic E-state index is 9.74. The Hall–Kier alpha value is -0.670. The summed E-state index contributed by atoms with van der Waals surface area (Å²) in [5.74, 6) is 0. The molecule has 2 aliphatic heterocycles. The molecule has 0 aliphatic carbocycles. The lowest BCUT2D eigenvalue weighted by Crippen LogP contribution is -2.47. The monoisotopic (exact) mass is 353 g/mol. The molecule has 2 bridgehead atoms.